The van der Waals surface area contributed by atoms with Crippen molar-refractivity contribution in [2.75, 3.05) is 0 Å². The van der Waals surface area contributed by atoms with E-state index in [-0.39, 0.29) is 18.5 Å². The highest BCUT2D eigenvalue weighted by Gasteiger charge is 2.18. The summed E-state index contributed by atoms with van der Waals surface area (Å²) >= 11 is 5.37. The van der Waals surface area contributed by atoms with E-state index in [1.54, 1.807) is 4.57 Å². The van der Waals surface area contributed by atoms with E-state index in [4.69, 9.17) is 12.2 Å². The van der Waals surface area contributed by atoms with Gasteiger partial charge in [-0.3, -0.25) is 14.5 Å². The normalized spacial score (nSPS) is 12.1. The maximum absolute atomic E-state index is 12.9. The Morgan fingerprint density at radius 3 is 2.61 bits per heavy atom. The monoisotopic (exact) mass is 394 g/mol. The van der Waals surface area contributed by atoms with Crippen LogP contribution in [0.1, 0.15) is 37.4 Å². The molecule has 0 radical (unpaired) electrons. The summed E-state index contributed by atoms with van der Waals surface area (Å²) in [5.41, 5.74) is 3.17. The van der Waals surface area contributed by atoms with Gasteiger partial charge in [-0.05, 0) is 43.1 Å². The zero-order valence-electron chi connectivity index (χ0n) is 16.5. The number of aromatic amines is 1. The molecule has 0 aliphatic heterocycles. The third-order valence-corrected chi connectivity index (χ3v) is 4.89. The zero-order chi connectivity index (χ0) is 20.1. The number of benzene rings is 2. The number of nitrogens with zero attached hydrogens (tertiary/aromatic N) is 2. The molecule has 3 aromatic rings. The summed E-state index contributed by atoms with van der Waals surface area (Å²) in [6.07, 6.45) is 0.872. The Hall–Kier alpha value is -2.73. The Morgan fingerprint density at radius 2 is 1.93 bits per heavy atom. The van der Waals surface area contributed by atoms with Gasteiger partial charge in [-0.1, -0.05) is 67.9 Å². The van der Waals surface area contributed by atoms with Crippen LogP contribution in [0.25, 0.3) is 11.4 Å². The predicted octanol–water partition coefficient (Wildman–Crippen LogP) is 4.82. The first-order valence-corrected chi connectivity index (χ1v) is 9.91. The molecule has 5 nitrogen and oxygen atoms in total. The summed E-state index contributed by atoms with van der Waals surface area (Å²) in [5.74, 6) is 1.05. The van der Waals surface area contributed by atoms with Crippen LogP contribution in [0.3, 0.4) is 0 Å². The van der Waals surface area contributed by atoms with Crippen LogP contribution in [-0.2, 0) is 11.3 Å². The van der Waals surface area contributed by atoms with Crippen molar-refractivity contribution in [2.45, 2.75) is 39.8 Å². The number of carbonyl (C=O) groups is 1. The minimum atomic E-state index is -0.0825. The average Bonchev–Trinajstić information content (AvgIpc) is 3.02. The molecule has 0 unspecified atom stereocenters. The van der Waals surface area contributed by atoms with E-state index < -0.39 is 0 Å². The van der Waals surface area contributed by atoms with Crippen molar-refractivity contribution in [1.82, 2.24) is 20.1 Å². The summed E-state index contributed by atoms with van der Waals surface area (Å²) in [5, 5.41) is 10.3. The highest BCUT2D eigenvalue weighted by atomic mass is 32.1. The van der Waals surface area contributed by atoms with Gasteiger partial charge >= 0.3 is 0 Å². The van der Waals surface area contributed by atoms with Crippen molar-refractivity contribution in [3.63, 3.8) is 0 Å². The molecule has 3 rings (SSSR count). The zero-order valence-corrected chi connectivity index (χ0v) is 17.3. The molecule has 0 saturated heterocycles. The van der Waals surface area contributed by atoms with Gasteiger partial charge in [-0.25, -0.2) is 0 Å². The van der Waals surface area contributed by atoms with Gasteiger partial charge in [0.1, 0.15) is 6.54 Å². The smallest absolute Gasteiger partial charge is 0.240 e. The minimum Gasteiger partial charge on any atom is -0.348 e. The van der Waals surface area contributed by atoms with Gasteiger partial charge in [0.15, 0.2) is 10.6 Å². The molecule has 2 aromatic carbocycles. The highest BCUT2D eigenvalue weighted by Crippen LogP contribution is 2.22. The number of rotatable bonds is 7. The fourth-order valence-corrected chi connectivity index (χ4v) is 3.48. The quantitative estimate of drug-likeness (QED) is 0.565. The van der Waals surface area contributed by atoms with E-state index >= 15 is 0 Å². The molecule has 1 heterocycles. The van der Waals surface area contributed by atoms with Crippen molar-refractivity contribution in [3.8, 4) is 11.4 Å². The van der Waals surface area contributed by atoms with Crippen LogP contribution in [0.15, 0.2) is 54.6 Å². The number of carbonyl (C=O) groups excluding carboxylic acids is 1. The molecule has 0 aliphatic rings. The lowest BCUT2D eigenvalue weighted by Gasteiger charge is -2.21. The van der Waals surface area contributed by atoms with Gasteiger partial charge in [0.05, 0.1) is 6.04 Å². The fraction of sp³-hybridized carbons (Fsp3) is 0.318. The summed E-state index contributed by atoms with van der Waals surface area (Å²) < 4.78 is 2.18. The molecule has 0 bridgehead atoms. The summed E-state index contributed by atoms with van der Waals surface area (Å²) in [4.78, 5) is 12.9. The molecule has 0 spiro atoms. The molecule has 2 N–H and O–H groups in total. The fourth-order valence-electron chi connectivity index (χ4n) is 3.29. The Bertz CT molecular complexity index is 991. The average molecular weight is 395 g/mol. The van der Waals surface area contributed by atoms with Gasteiger partial charge in [-0.2, -0.15) is 5.10 Å². The molecule has 1 atom stereocenters. The second kappa shape index (κ2) is 8.97. The van der Waals surface area contributed by atoms with Crippen LogP contribution >= 0.6 is 12.2 Å². The first-order valence-electron chi connectivity index (χ1n) is 9.50. The number of nitrogens with one attached hydrogen (secondary N) is 2. The van der Waals surface area contributed by atoms with Crippen molar-refractivity contribution >= 4 is 18.1 Å². The van der Waals surface area contributed by atoms with Gasteiger partial charge in [0.25, 0.3) is 0 Å². The summed E-state index contributed by atoms with van der Waals surface area (Å²) in [7, 11) is 0. The summed E-state index contributed by atoms with van der Waals surface area (Å²) in [6, 6.07) is 18.0. The van der Waals surface area contributed by atoms with E-state index in [2.05, 4.69) is 41.5 Å². The lowest BCUT2D eigenvalue weighted by atomic mass is 9.97. The van der Waals surface area contributed by atoms with E-state index in [0.717, 1.165) is 23.1 Å². The van der Waals surface area contributed by atoms with Crippen molar-refractivity contribution in [3.05, 3.63) is 70.5 Å². The molecule has 28 heavy (non-hydrogen) atoms. The number of hydrogen-bond donors (Lipinski definition) is 2. The van der Waals surface area contributed by atoms with Crippen LogP contribution in [0.5, 0.6) is 0 Å². The molecule has 0 saturated carbocycles. The standard InChI is InChI=1S/C22H26N4OS/c1-15(2)12-19(17-9-5-4-6-10-17)23-20(27)14-26-21(24-25-22(26)28)18-11-7-8-16(3)13-18/h4-11,13,15,19H,12,14H2,1-3H3,(H,23,27)(H,25,28)/t19-/m1/s1. The summed E-state index contributed by atoms with van der Waals surface area (Å²) in [6.45, 7) is 6.46. The van der Waals surface area contributed by atoms with E-state index in [1.165, 1.54) is 0 Å². The lowest BCUT2D eigenvalue weighted by Crippen LogP contribution is -2.32. The molecule has 0 aliphatic carbocycles. The number of aromatic nitrogens is 3. The Labute approximate surface area is 170 Å². The van der Waals surface area contributed by atoms with Crippen LogP contribution in [0.4, 0.5) is 0 Å². The first-order chi connectivity index (χ1) is 13.4. The number of amides is 1. The number of hydrogen-bond acceptors (Lipinski definition) is 3. The minimum absolute atomic E-state index is 0.0304. The largest absolute Gasteiger partial charge is 0.348 e. The van der Waals surface area contributed by atoms with Crippen molar-refractivity contribution < 1.29 is 4.79 Å². The van der Waals surface area contributed by atoms with Crippen LogP contribution in [0.2, 0.25) is 0 Å². The SMILES string of the molecule is Cc1cccc(-c2n[nH]c(=S)n2CC(=O)N[C@H](CC(C)C)c2ccccc2)c1. The van der Waals surface area contributed by atoms with Gasteiger partial charge < -0.3 is 5.32 Å². The molecule has 6 heteroatoms. The molecule has 0 fully saturated rings. The predicted molar refractivity (Wildman–Crippen MR) is 114 cm³/mol. The van der Waals surface area contributed by atoms with Crippen LogP contribution < -0.4 is 5.32 Å². The lowest BCUT2D eigenvalue weighted by molar-refractivity contribution is -0.122. The van der Waals surface area contributed by atoms with Crippen molar-refractivity contribution in [2.24, 2.45) is 5.92 Å². The second-order valence-electron chi connectivity index (χ2n) is 7.47. The molecule has 1 amide bonds. The third-order valence-electron chi connectivity index (χ3n) is 4.58. The number of aryl methyl sites for hydroxylation is 1. The Kier molecular flexibility index (Phi) is 6.41. The number of H-pyrrole nitrogens is 1. The van der Waals surface area contributed by atoms with E-state index in [1.807, 2.05) is 49.4 Å². The van der Waals surface area contributed by atoms with Crippen molar-refractivity contribution in [1.29, 1.82) is 0 Å². The molecular formula is C22H26N4OS. The van der Waals surface area contributed by atoms with Gasteiger partial charge in [0, 0.05) is 5.56 Å². The highest BCUT2D eigenvalue weighted by molar-refractivity contribution is 7.71. The van der Waals surface area contributed by atoms with Gasteiger partial charge in [0.2, 0.25) is 5.91 Å². The van der Waals surface area contributed by atoms with Crippen LogP contribution in [-0.4, -0.2) is 20.7 Å². The van der Waals surface area contributed by atoms with E-state index in [9.17, 15) is 4.79 Å². The molecule has 146 valence electrons. The van der Waals surface area contributed by atoms with Gasteiger partial charge in [-0.15, -0.1) is 0 Å². The third kappa shape index (κ3) is 4.95. The second-order valence-corrected chi connectivity index (χ2v) is 7.86. The maximum atomic E-state index is 12.9. The topological polar surface area (TPSA) is 62.7 Å². The molecule has 1 aromatic heterocycles. The maximum Gasteiger partial charge on any atom is 0.240 e. The Balaban J connectivity index is 1.81. The molecular weight excluding hydrogens is 368 g/mol. The Morgan fingerprint density at radius 1 is 1.18 bits per heavy atom. The van der Waals surface area contributed by atoms with E-state index in [0.29, 0.717) is 16.5 Å². The first kappa shape index (κ1) is 20.0. The van der Waals surface area contributed by atoms with Crippen LogP contribution in [0, 0.1) is 17.6 Å².